The predicted molar refractivity (Wildman–Crippen MR) is 101 cm³/mol. The zero-order valence-electron chi connectivity index (χ0n) is 17.0. The van der Waals surface area contributed by atoms with Gasteiger partial charge < -0.3 is 14.3 Å². The van der Waals surface area contributed by atoms with Crippen molar-refractivity contribution in [3.05, 3.63) is 0 Å². The van der Waals surface area contributed by atoms with E-state index in [4.69, 9.17) is 9.47 Å². The minimum absolute atomic E-state index is 0.0109. The Hall–Kier alpha value is -1.06. The summed E-state index contributed by atoms with van der Waals surface area (Å²) >= 11 is 0. The molecule has 3 rings (SSSR count). The molecular formula is C22H36O4. The standard InChI is InChI=1S/C22H36O4/c1-21(2)11-12-22(3,4)19-13-17(9-10-18(19)21)26-20(24)25-16-7-5-15(14-23)6-8-16/h14-19H,5-13H2,1-4H3. The molecule has 3 aliphatic carbocycles. The maximum absolute atomic E-state index is 12.3. The fourth-order valence-corrected chi connectivity index (χ4v) is 5.70. The van der Waals surface area contributed by atoms with Crippen molar-refractivity contribution < 1.29 is 19.1 Å². The van der Waals surface area contributed by atoms with E-state index in [0.717, 1.165) is 57.1 Å². The maximum atomic E-state index is 12.3. The van der Waals surface area contributed by atoms with E-state index in [-0.39, 0.29) is 18.1 Å². The highest BCUT2D eigenvalue weighted by Crippen LogP contribution is 2.57. The van der Waals surface area contributed by atoms with Gasteiger partial charge in [-0.1, -0.05) is 27.7 Å². The maximum Gasteiger partial charge on any atom is 0.508 e. The summed E-state index contributed by atoms with van der Waals surface area (Å²) in [4.78, 5) is 23.1. The normalized spacial score (nSPS) is 38.7. The van der Waals surface area contributed by atoms with E-state index in [1.54, 1.807) is 0 Å². The molecule has 0 aromatic carbocycles. The van der Waals surface area contributed by atoms with Crippen LogP contribution in [0.1, 0.15) is 85.5 Å². The lowest BCUT2D eigenvalue weighted by Gasteiger charge is -2.55. The Kier molecular flexibility index (Phi) is 5.69. The van der Waals surface area contributed by atoms with Gasteiger partial charge in [0.1, 0.15) is 18.5 Å². The third kappa shape index (κ3) is 4.26. The van der Waals surface area contributed by atoms with Gasteiger partial charge in [0, 0.05) is 5.92 Å². The van der Waals surface area contributed by atoms with Crippen molar-refractivity contribution in [1.82, 2.24) is 0 Å². The molecule has 3 aliphatic rings. The highest BCUT2D eigenvalue weighted by Gasteiger charge is 2.50. The van der Waals surface area contributed by atoms with Crippen LogP contribution >= 0.6 is 0 Å². The zero-order valence-corrected chi connectivity index (χ0v) is 17.0. The second kappa shape index (κ2) is 7.52. The number of fused-ring (bicyclic) bond motifs is 1. The predicted octanol–water partition coefficient (Wildman–Crippen LogP) is 5.53. The van der Waals surface area contributed by atoms with Crippen molar-refractivity contribution in [3.63, 3.8) is 0 Å². The summed E-state index contributed by atoms with van der Waals surface area (Å²) in [5, 5.41) is 0. The van der Waals surface area contributed by atoms with Crippen LogP contribution in [0.4, 0.5) is 4.79 Å². The molecule has 0 N–H and O–H groups in total. The molecule has 4 heteroatoms. The molecule has 0 heterocycles. The molecule has 0 amide bonds. The van der Waals surface area contributed by atoms with Crippen molar-refractivity contribution in [3.8, 4) is 0 Å². The zero-order chi connectivity index (χ0) is 18.9. The second-order valence-electron chi connectivity index (χ2n) is 10.3. The Balaban J connectivity index is 1.52. The molecule has 3 unspecified atom stereocenters. The summed E-state index contributed by atoms with van der Waals surface area (Å²) in [5.41, 5.74) is 0.711. The first-order chi connectivity index (χ1) is 12.2. The molecule has 0 aliphatic heterocycles. The van der Waals surface area contributed by atoms with E-state index in [1.807, 2.05) is 0 Å². The summed E-state index contributed by atoms with van der Waals surface area (Å²) in [5.74, 6) is 1.47. The van der Waals surface area contributed by atoms with Gasteiger partial charge in [-0.05, 0) is 80.5 Å². The van der Waals surface area contributed by atoms with Gasteiger partial charge in [0.25, 0.3) is 0 Å². The SMILES string of the molecule is CC1(C)CCC(C)(C)C2CC(OC(=O)OC3CCC(C=O)CC3)CCC21. The van der Waals surface area contributed by atoms with E-state index in [1.165, 1.54) is 12.8 Å². The fourth-order valence-electron chi connectivity index (χ4n) is 5.70. The molecule has 26 heavy (non-hydrogen) atoms. The lowest BCUT2D eigenvalue weighted by Crippen LogP contribution is -2.48. The van der Waals surface area contributed by atoms with Gasteiger partial charge in [0.15, 0.2) is 0 Å². The third-order valence-electron chi connectivity index (χ3n) is 7.66. The van der Waals surface area contributed by atoms with Crippen LogP contribution < -0.4 is 0 Å². The first-order valence-corrected chi connectivity index (χ1v) is 10.5. The molecule has 0 radical (unpaired) electrons. The average molecular weight is 365 g/mol. The molecule has 3 atom stereocenters. The molecule has 0 saturated heterocycles. The first-order valence-electron chi connectivity index (χ1n) is 10.5. The summed E-state index contributed by atoms with van der Waals surface area (Å²) in [6.45, 7) is 9.58. The largest absolute Gasteiger partial charge is 0.508 e. The van der Waals surface area contributed by atoms with E-state index in [9.17, 15) is 9.59 Å². The summed E-state index contributed by atoms with van der Waals surface area (Å²) in [6, 6.07) is 0. The van der Waals surface area contributed by atoms with Gasteiger partial charge in [-0.2, -0.15) is 0 Å². The Bertz CT molecular complexity index is 516. The Morgan fingerprint density at radius 3 is 1.96 bits per heavy atom. The van der Waals surface area contributed by atoms with Gasteiger partial charge in [0.05, 0.1) is 0 Å². The Labute approximate surface area is 158 Å². The lowest BCUT2D eigenvalue weighted by molar-refractivity contribution is -0.112. The fraction of sp³-hybridized carbons (Fsp3) is 0.909. The summed E-state index contributed by atoms with van der Waals surface area (Å²) < 4.78 is 11.3. The number of ether oxygens (including phenoxy) is 2. The molecule has 3 saturated carbocycles. The lowest BCUT2D eigenvalue weighted by atomic mass is 9.50. The van der Waals surface area contributed by atoms with Crippen LogP contribution in [-0.2, 0) is 14.3 Å². The number of aldehydes is 1. The van der Waals surface area contributed by atoms with Gasteiger partial charge in [-0.15, -0.1) is 0 Å². The average Bonchev–Trinajstić information content (AvgIpc) is 2.60. The number of rotatable bonds is 3. The van der Waals surface area contributed by atoms with Crippen LogP contribution in [0.2, 0.25) is 0 Å². The van der Waals surface area contributed by atoms with Crippen LogP contribution in [0, 0.1) is 28.6 Å². The van der Waals surface area contributed by atoms with Crippen molar-refractivity contribution in [2.75, 3.05) is 0 Å². The van der Waals surface area contributed by atoms with Gasteiger partial charge in [-0.25, -0.2) is 4.79 Å². The van der Waals surface area contributed by atoms with Crippen LogP contribution in [0.3, 0.4) is 0 Å². The molecule has 3 fully saturated rings. The van der Waals surface area contributed by atoms with Crippen molar-refractivity contribution in [2.45, 2.75) is 97.7 Å². The van der Waals surface area contributed by atoms with Gasteiger partial charge >= 0.3 is 6.16 Å². The molecule has 0 spiro atoms. The minimum atomic E-state index is -0.504. The Morgan fingerprint density at radius 1 is 0.808 bits per heavy atom. The van der Waals surface area contributed by atoms with E-state index < -0.39 is 6.16 Å². The molecule has 0 aromatic rings. The smallest absolute Gasteiger partial charge is 0.431 e. The molecule has 4 nitrogen and oxygen atoms in total. The minimum Gasteiger partial charge on any atom is -0.431 e. The van der Waals surface area contributed by atoms with E-state index in [2.05, 4.69) is 27.7 Å². The second-order valence-corrected chi connectivity index (χ2v) is 10.3. The monoisotopic (exact) mass is 364 g/mol. The van der Waals surface area contributed by atoms with Gasteiger partial charge in [0.2, 0.25) is 0 Å². The number of hydrogen-bond donors (Lipinski definition) is 0. The Morgan fingerprint density at radius 2 is 1.35 bits per heavy atom. The quantitative estimate of drug-likeness (QED) is 0.488. The van der Waals surface area contributed by atoms with Crippen LogP contribution in [0.15, 0.2) is 0 Å². The highest BCUT2D eigenvalue weighted by molar-refractivity contribution is 5.60. The molecule has 0 bridgehead atoms. The highest BCUT2D eigenvalue weighted by atomic mass is 16.7. The van der Waals surface area contributed by atoms with Crippen LogP contribution in [0.25, 0.3) is 0 Å². The molecular weight excluding hydrogens is 328 g/mol. The third-order valence-corrected chi connectivity index (χ3v) is 7.66. The van der Waals surface area contributed by atoms with Gasteiger partial charge in [-0.3, -0.25) is 0 Å². The summed E-state index contributed by atoms with van der Waals surface area (Å²) in [6.07, 6.45) is 9.21. The molecule has 0 aromatic heterocycles. The topological polar surface area (TPSA) is 52.6 Å². The van der Waals surface area contributed by atoms with E-state index in [0.29, 0.717) is 16.7 Å². The number of carbonyl (C=O) groups is 2. The van der Waals surface area contributed by atoms with Crippen LogP contribution in [0.5, 0.6) is 0 Å². The number of carbonyl (C=O) groups excluding carboxylic acids is 2. The first kappa shape index (κ1) is 19.7. The molecule has 148 valence electrons. The van der Waals surface area contributed by atoms with Crippen LogP contribution in [-0.4, -0.2) is 24.6 Å². The number of hydrogen-bond acceptors (Lipinski definition) is 4. The van der Waals surface area contributed by atoms with Crippen molar-refractivity contribution in [1.29, 1.82) is 0 Å². The van der Waals surface area contributed by atoms with Crippen molar-refractivity contribution in [2.24, 2.45) is 28.6 Å². The van der Waals surface area contributed by atoms with Crippen molar-refractivity contribution >= 4 is 12.4 Å². The van der Waals surface area contributed by atoms with E-state index >= 15 is 0 Å². The summed E-state index contributed by atoms with van der Waals surface area (Å²) in [7, 11) is 0.